The first-order valence-corrected chi connectivity index (χ1v) is 6.32. The van der Waals surface area contributed by atoms with Crippen molar-refractivity contribution in [1.29, 1.82) is 0 Å². The zero-order valence-corrected chi connectivity index (χ0v) is 11.0. The number of hydrazone groups is 1. The molecule has 0 radical (unpaired) electrons. The maximum absolute atomic E-state index is 12.0. The molecular formula is C12H17N5O2. The largest absolute Gasteiger partial charge is 0.306 e. The van der Waals surface area contributed by atoms with Crippen LogP contribution in [0.5, 0.6) is 0 Å². The van der Waals surface area contributed by atoms with Crippen LogP contribution in [0.3, 0.4) is 0 Å². The number of carbonyl (C=O) groups excluding carboxylic acids is 2. The molecule has 1 aliphatic heterocycles. The number of nitrogens with zero attached hydrogens (tertiary/aromatic N) is 3. The number of hydrogen-bond donors (Lipinski definition) is 2. The molecule has 1 unspecified atom stereocenters. The van der Waals surface area contributed by atoms with Crippen LogP contribution in [0.15, 0.2) is 17.4 Å². The van der Waals surface area contributed by atoms with Gasteiger partial charge in [-0.3, -0.25) is 9.59 Å². The Morgan fingerprint density at radius 3 is 3.00 bits per heavy atom. The molecule has 7 heteroatoms. The Balaban J connectivity index is 2.07. The van der Waals surface area contributed by atoms with Gasteiger partial charge in [-0.25, -0.2) is 10.1 Å². The Labute approximate surface area is 111 Å². The Morgan fingerprint density at radius 1 is 1.58 bits per heavy atom. The van der Waals surface area contributed by atoms with Gasteiger partial charge < -0.3 is 5.32 Å². The molecule has 2 N–H and O–H groups in total. The van der Waals surface area contributed by atoms with Gasteiger partial charge in [0.1, 0.15) is 11.5 Å². The minimum atomic E-state index is -0.301. The fourth-order valence-electron chi connectivity index (χ4n) is 1.76. The van der Waals surface area contributed by atoms with E-state index in [1.165, 1.54) is 0 Å². The van der Waals surface area contributed by atoms with E-state index in [-0.39, 0.29) is 24.3 Å². The first-order chi connectivity index (χ1) is 9.11. The first kappa shape index (κ1) is 13.3. The molecule has 0 bridgehead atoms. The average molecular weight is 263 g/mol. The van der Waals surface area contributed by atoms with Gasteiger partial charge in [0.05, 0.1) is 12.2 Å². The third kappa shape index (κ3) is 2.98. The van der Waals surface area contributed by atoms with E-state index in [4.69, 9.17) is 0 Å². The van der Waals surface area contributed by atoms with Crippen LogP contribution in [0.4, 0.5) is 5.82 Å². The van der Waals surface area contributed by atoms with Crippen LogP contribution in [0.2, 0.25) is 0 Å². The molecule has 0 aliphatic carbocycles. The van der Waals surface area contributed by atoms with Crippen molar-refractivity contribution in [2.24, 2.45) is 5.10 Å². The molecule has 19 heavy (non-hydrogen) atoms. The number of anilines is 1. The molecule has 0 saturated carbocycles. The predicted octanol–water partition coefficient (Wildman–Crippen LogP) is 1.06. The fraction of sp³-hybridized carbons (Fsp3) is 0.500. The van der Waals surface area contributed by atoms with Crippen LogP contribution in [0, 0.1) is 0 Å². The van der Waals surface area contributed by atoms with Crippen molar-refractivity contribution in [1.82, 2.24) is 15.2 Å². The lowest BCUT2D eigenvalue weighted by Gasteiger charge is -2.15. The van der Waals surface area contributed by atoms with Crippen LogP contribution in [-0.2, 0) is 9.59 Å². The van der Waals surface area contributed by atoms with Crippen molar-refractivity contribution in [3.63, 3.8) is 0 Å². The number of carbonyl (C=O) groups is 2. The van der Waals surface area contributed by atoms with Gasteiger partial charge in [0.25, 0.3) is 5.91 Å². The normalized spacial score (nSPS) is 16.5. The topological polar surface area (TPSA) is 88.4 Å². The van der Waals surface area contributed by atoms with Crippen LogP contribution < -0.4 is 10.7 Å². The van der Waals surface area contributed by atoms with Crippen LogP contribution >= 0.6 is 0 Å². The molecule has 0 spiro atoms. The zero-order chi connectivity index (χ0) is 13.8. The molecule has 0 fully saturated rings. The third-order valence-electron chi connectivity index (χ3n) is 3.09. The standard InChI is InChI=1S/C12H17N5O2/c1-3-8(2)17-10(6-7-13-17)14-12(19)9-4-5-11(18)16-15-9/h6-8H,3-5H2,1-2H3,(H,14,19)(H,16,18). The van der Waals surface area contributed by atoms with Crippen molar-refractivity contribution in [2.45, 2.75) is 39.2 Å². The zero-order valence-electron chi connectivity index (χ0n) is 11.0. The summed E-state index contributed by atoms with van der Waals surface area (Å²) in [6.07, 6.45) is 3.21. The Morgan fingerprint density at radius 2 is 2.37 bits per heavy atom. The van der Waals surface area contributed by atoms with Crippen molar-refractivity contribution >= 4 is 23.3 Å². The first-order valence-electron chi connectivity index (χ1n) is 6.32. The second-order valence-electron chi connectivity index (χ2n) is 4.47. The fourth-order valence-corrected chi connectivity index (χ4v) is 1.76. The molecule has 0 aromatic carbocycles. The van der Waals surface area contributed by atoms with E-state index < -0.39 is 0 Å². The SMILES string of the molecule is CCC(C)n1nccc1NC(=O)C1=NNC(=O)CC1. The van der Waals surface area contributed by atoms with Gasteiger partial charge in [-0.15, -0.1) is 0 Å². The summed E-state index contributed by atoms with van der Waals surface area (Å²) in [6, 6.07) is 1.95. The molecule has 0 saturated heterocycles. The number of rotatable bonds is 4. The van der Waals surface area contributed by atoms with Gasteiger partial charge in [-0.2, -0.15) is 10.2 Å². The highest BCUT2D eigenvalue weighted by Crippen LogP contribution is 2.16. The van der Waals surface area contributed by atoms with Crippen molar-refractivity contribution in [3.8, 4) is 0 Å². The molecule has 1 aromatic heterocycles. The summed E-state index contributed by atoms with van der Waals surface area (Å²) in [7, 11) is 0. The van der Waals surface area contributed by atoms with Crippen LogP contribution in [-0.4, -0.2) is 27.3 Å². The number of amides is 2. The van der Waals surface area contributed by atoms with E-state index in [1.807, 2.05) is 6.92 Å². The van der Waals surface area contributed by atoms with E-state index in [0.29, 0.717) is 18.0 Å². The Kier molecular flexibility index (Phi) is 3.94. The summed E-state index contributed by atoms with van der Waals surface area (Å²) in [6.45, 7) is 4.08. The quantitative estimate of drug-likeness (QED) is 0.851. The summed E-state index contributed by atoms with van der Waals surface area (Å²) < 4.78 is 1.76. The molecule has 1 aromatic rings. The van der Waals surface area contributed by atoms with Crippen molar-refractivity contribution in [3.05, 3.63) is 12.3 Å². The van der Waals surface area contributed by atoms with Gasteiger partial charge in [-0.05, 0) is 13.3 Å². The van der Waals surface area contributed by atoms with Gasteiger partial charge in [0, 0.05) is 18.9 Å². The van der Waals surface area contributed by atoms with E-state index in [2.05, 4.69) is 27.9 Å². The molecular weight excluding hydrogens is 246 g/mol. The van der Waals surface area contributed by atoms with Crippen molar-refractivity contribution in [2.75, 3.05) is 5.32 Å². The van der Waals surface area contributed by atoms with Gasteiger partial charge in [-0.1, -0.05) is 6.92 Å². The van der Waals surface area contributed by atoms with E-state index >= 15 is 0 Å². The average Bonchev–Trinajstić information content (AvgIpc) is 2.86. The highest BCUT2D eigenvalue weighted by atomic mass is 16.2. The minimum Gasteiger partial charge on any atom is -0.306 e. The summed E-state index contributed by atoms with van der Waals surface area (Å²) in [5.41, 5.74) is 2.64. The molecule has 2 rings (SSSR count). The van der Waals surface area contributed by atoms with Crippen LogP contribution in [0.25, 0.3) is 0 Å². The maximum Gasteiger partial charge on any atom is 0.273 e. The van der Waals surface area contributed by atoms with E-state index in [1.54, 1.807) is 16.9 Å². The minimum absolute atomic E-state index is 0.166. The molecule has 2 amide bonds. The summed E-state index contributed by atoms with van der Waals surface area (Å²) in [5.74, 6) is 0.171. The predicted molar refractivity (Wildman–Crippen MR) is 70.7 cm³/mol. The highest BCUT2D eigenvalue weighted by Gasteiger charge is 2.20. The second-order valence-corrected chi connectivity index (χ2v) is 4.47. The monoisotopic (exact) mass is 263 g/mol. The van der Waals surface area contributed by atoms with E-state index in [9.17, 15) is 9.59 Å². The molecule has 7 nitrogen and oxygen atoms in total. The highest BCUT2D eigenvalue weighted by molar-refractivity contribution is 6.43. The Hall–Kier alpha value is -2.18. The lowest BCUT2D eigenvalue weighted by Crippen LogP contribution is -2.33. The molecule has 1 aliphatic rings. The summed E-state index contributed by atoms with van der Waals surface area (Å²) >= 11 is 0. The van der Waals surface area contributed by atoms with Crippen LogP contribution in [0.1, 0.15) is 39.2 Å². The number of hydrogen-bond acceptors (Lipinski definition) is 4. The molecule has 2 heterocycles. The van der Waals surface area contributed by atoms with Gasteiger partial charge in [0.2, 0.25) is 5.91 Å². The van der Waals surface area contributed by atoms with Gasteiger partial charge >= 0.3 is 0 Å². The number of nitrogens with one attached hydrogen (secondary N) is 2. The van der Waals surface area contributed by atoms with Crippen molar-refractivity contribution < 1.29 is 9.59 Å². The van der Waals surface area contributed by atoms with E-state index in [0.717, 1.165) is 6.42 Å². The lowest BCUT2D eigenvalue weighted by molar-refractivity contribution is -0.121. The summed E-state index contributed by atoms with van der Waals surface area (Å²) in [5, 5.41) is 10.7. The molecule has 1 atom stereocenters. The van der Waals surface area contributed by atoms with Gasteiger partial charge in [0.15, 0.2) is 0 Å². The molecule has 102 valence electrons. The number of aromatic nitrogens is 2. The maximum atomic E-state index is 12.0. The second kappa shape index (κ2) is 5.64. The Bertz CT molecular complexity index is 520. The lowest BCUT2D eigenvalue weighted by atomic mass is 10.1. The smallest absolute Gasteiger partial charge is 0.273 e. The third-order valence-corrected chi connectivity index (χ3v) is 3.09. The summed E-state index contributed by atoms with van der Waals surface area (Å²) in [4.78, 5) is 23.0.